The Bertz CT molecular complexity index is 231. The molecule has 0 aromatic carbocycles. The normalized spacial score (nSPS) is 34.5. The summed E-state index contributed by atoms with van der Waals surface area (Å²) in [5, 5.41) is 9.49. The molecule has 0 radical (unpaired) electrons. The molecule has 1 heterocycles. The van der Waals surface area contributed by atoms with E-state index in [1.54, 1.807) is 0 Å². The number of hydrogen-bond acceptors (Lipinski definition) is 2. The average Bonchev–Trinajstić information content (AvgIpc) is 2.21. The second-order valence-electron chi connectivity index (χ2n) is 7.58. The second-order valence-corrected chi connectivity index (χ2v) is 7.58. The largest absolute Gasteiger partial charge is 0.390 e. The Balaban J connectivity index is 0.000000180. The topological polar surface area (TPSA) is 29.5 Å². The van der Waals surface area contributed by atoms with Crippen LogP contribution in [0.4, 0.5) is 0 Å². The zero-order valence-electron chi connectivity index (χ0n) is 13.0. The fourth-order valence-corrected chi connectivity index (χ4v) is 2.94. The molecule has 0 spiro atoms. The van der Waals surface area contributed by atoms with Crippen LogP contribution in [0.5, 0.6) is 0 Å². The maximum Gasteiger partial charge on any atom is 0.0620 e. The highest BCUT2D eigenvalue weighted by molar-refractivity contribution is 4.81. The van der Waals surface area contributed by atoms with Crippen molar-refractivity contribution >= 4 is 0 Å². The first-order chi connectivity index (χ1) is 8.22. The van der Waals surface area contributed by atoms with E-state index in [4.69, 9.17) is 4.74 Å². The number of rotatable bonds is 2. The summed E-state index contributed by atoms with van der Waals surface area (Å²) in [6, 6.07) is 0. The van der Waals surface area contributed by atoms with E-state index >= 15 is 0 Å². The summed E-state index contributed by atoms with van der Waals surface area (Å²) >= 11 is 0. The SMILES string of the molecule is CC(C)CC1(C)COC1.CC1CCC(C)(O)CC1. The van der Waals surface area contributed by atoms with Crippen LogP contribution in [-0.4, -0.2) is 23.9 Å². The van der Waals surface area contributed by atoms with Crippen molar-refractivity contribution < 1.29 is 9.84 Å². The van der Waals surface area contributed by atoms with Gasteiger partial charge in [-0.05, 0) is 50.9 Å². The molecule has 1 aliphatic heterocycles. The quantitative estimate of drug-likeness (QED) is 0.808. The maximum absolute atomic E-state index is 9.49. The Hall–Kier alpha value is -0.0800. The van der Waals surface area contributed by atoms with Gasteiger partial charge in [-0.1, -0.05) is 27.7 Å². The molecule has 0 aromatic heterocycles. The smallest absolute Gasteiger partial charge is 0.0620 e. The first-order valence-corrected chi connectivity index (χ1v) is 7.53. The van der Waals surface area contributed by atoms with Gasteiger partial charge < -0.3 is 9.84 Å². The minimum Gasteiger partial charge on any atom is -0.390 e. The summed E-state index contributed by atoms with van der Waals surface area (Å²) in [6.07, 6.45) is 5.70. The van der Waals surface area contributed by atoms with Crippen molar-refractivity contribution in [3.05, 3.63) is 0 Å². The molecule has 0 aromatic rings. The monoisotopic (exact) mass is 256 g/mol. The van der Waals surface area contributed by atoms with Crippen LogP contribution >= 0.6 is 0 Å². The minimum atomic E-state index is -0.341. The van der Waals surface area contributed by atoms with Crippen molar-refractivity contribution in [2.45, 2.75) is 72.3 Å². The van der Waals surface area contributed by atoms with Crippen molar-refractivity contribution in [3.63, 3.8) is 0 Å². The van der Waals surface area contributed by atoms with Crippen LogP contribution in [0.1, 0.15) is 66.7 Å². The third-order valence-corrected chi connectivity index (χ3v) is 4.15. The lowest BCUT2D eigenvalue weighted by Crippen LogP contribution is -2.40. The molecule has 1 saturated heterocycles. The van der Waals surface area contributed by atoms with Crippen LogP contribution < -0.4 is 0 Å². The molecule has 0 bridgehead atoms. The van der Waals surface area contributed by atoms with Crippen LogP contribution in [0.15, 0.2) is 0 Å². The average molecular weight is 256 g/mol. The van der Waals surface area contributed by atoms with E-state index in [0.29, 0.717) is 5.41 Å². The molecule has 2 rings (SSSR count). The fourth-order valence-electron chi connectivity index (χ4n) is 2.94. The van der Waals surface area contributed by atoms with Crippen LogP contribution in [0.3, 0.4) is 0 Å². The number of aliphatic hydroxyl groups is 1. The molecule has 1 N–H and O–H groups in total. The van der Waals surface area contributed by atoms with Crippen molar-refractivity contribution in [3.8, 4) is 0 Å². The van der Waals surface area contributed by atoms with E-state index in [1.807, 2.05) is 6.92 Å². The number of ether oxygens (including phenoxy) is 1. The molecule has 0 amide bonds. The van der Waals surface area contributed by atoms with Gasteiger partial charge in [0, 0.05) is 5.41 Å². The van der Waals surface area contributed by atoms with Crippen LogP contribution in [0.25, 0.3) is 0 Å². The molecule has 0 atom stereocenters. The van der Waals surface area contributed by atoms with E-state index in [0.717, 1.165) is 37.9 Å². The van der Waals surface area contributed by atoms with Gasteiger partial charge in [0.15, 0.2) is 0 Å². The second kappa shape index (κ2) is 6.38. The van der Waals surface area contributed by atoms with Gasteiger partial charge >= 0.3 is 0 Å². The van der Waals surface area contributed by atoms with Gasteiger partial charge in [-0.15, -0.1) is 0 Å². The lowest BCUT2D eigenvalue weighted by Gasteiger charge is -2.39. The van der Waals surface area contributed by atoms with Crippen LogP contribution in [0.2, 0.25) is 0 Å². The number of hydrogen-bond donors (Lipinski definition) is 1. The van der Waals surface area contributed by atoms with Crippen molar-refractivity contribution in [1.82, 2.24) is 0 Å². The van der Waals surface area contributed by atoms with Crippen molar-refractivity contribution in [2.24, 2.45) is 17.3 Å². The Morgan fingerprint density at radius 2 is 1.67 bits per heavy atom. The van der Waals surface area contributed by atoms with Gasteiger partial charge in [-0.2, -0.15) is 0 Å². The minimum absolute atomic E-state index is 0.341. The fraction of sp³-hybridized carbons (Fsp3) is 1.00. The molecule has 1 aliphatic carbocycles. The molecule has 108 valence electrons. The molecular weight excluding hydrogens is 224 g/mol. The summed E-state index contributed by atoms with van der Waals surface area (Å²) in [4.78, 5) is 0. The van der Waals surface area contributed by atoms with Gasteiger partial charge in [0.05, 0.1) is 18.8 Å². The summed E-state index contributed by atoms with van der Waals surface area (Å²) in [7, 11) is 0. The molecule has 18 heavy (non-hydrogen) atoms. The summed E-state index contributed by atoms with van der Waals surface area (Å²) in [6.45, 7) is 13.0. The lowest BCUT2D eigenvalue weighted by molar-refractivity contribution is -0.111. The highest BCUT2D eigenvalue weighted by atomic mass is 16.5. The predicted octanol–water partition coefficient (Wildman–Crippen LogP) is 4.02. The Morgan fingerprint density at radius 3 is 1.89 bits per heavy atom. The first-order valence-electron chi connectivity index (χ1n) is 7.53. The third-order valence-electron chi connectivity index (χ3n) is 4.15. The van der Waals surface area contributed by atoms with E-state index in [1.165, 1.54) is 19.3 Å². The van der Waals surface area contributed by atoms with Gasteiger partial charge in [0.25, 0.3) is 0 Å². The summed E-state index contributed by atoms with van der Waals surface area (Å²) < 4.78 is 5.14. The maximum atomic E-state index is 9.49. The van der Waals surface area contributed by atoms with Gasteiger partial charge in [0.2, 0.25) is 0 Å². The van der Waals surface area contributed by atoms with Crippen molar-refractivity contribution in [2.75, 3.05) is 13.2 Å². The first kappa shape index (κ1) is 16.0. The van der Waals surface area contributed by atoms with Gasteiger partial charge in [0.1, 0.15) is 0 Å². The van der Waals surface area contributed by atoms with E-state index < -0.39 is 0 Å². The Kier molecular flexibility index (Phi) is 5.67. The Labute approximate surface area is 113 Å². The van der Waals surface area contributed by atoms with Crippen molar-refractivity contribution in [1.29, 1.82) is 0 Å². The van der Waals surface area contributed by atoms with E-state index in [-0.39, 0.29) is 5.60 Å². The zero-order chi connectivity index (χ0) is 13.8. The summed E-state index contributed by atoms with van der Waals surface area (Å²) in [5.74, 6) is 1.66. The Morgan fingerprint density at radius 1 is 1.17 bits per heavy atom. The molecule has 2 nitrogen and oxygen atoms in total. The molecular formula is C16H32O2. The molecule has 2 fully saturated rings. The predicted molar refractivity (Wildman–Crippen MR) is 76.6 cm³/mol. The van der Waals surface area contributed by atoms with Gasteiger partial charge in [-0.25, -0.2) is 0 Å². The van der Waals surface area contributed by atoms with Crippen LogP contribution in [-0.2, 0) is 4.74 Å². The highest BCUT2D eigenvalue weighted by Crippen LogP contribution is 2.33. The third kappa shape index (κ3) is 5.71. The van der Waals surface area contributed by atoms with E-state index in [9.17, 15) is 5.11 Å². The van der Waals surface area contributed by atoms with E-state index in [2.05, 4.69) is 27.7 Å². The highest BCUT2D eigenvalue weighted by Gasteiger charge is 2.33. The molecule has 2 aliphatic rings. The van der Waals surface area contributed by atoms with Gasteiger partial charge in [-0.3, -0.25) is 0 Å². The van der Waals surface area contributed by atoms with Crippen LogP contribution in [0, 0.1) is 17.3 Å². The standard InChI is InChI=1S/2C8H16O/c1-7(2)4-8(3)5-9-6-8;1-7-3-5-8(2,9)6-4-7/h7H,4-6H2,1-3H3;7,9H,3-6H2,1-2H3. The molecule has 2 heteroatoms. The molecule has 1 saturated carbocycles. The summed E-state index contributed by atoms with van der Waals surface area (Å²) in [5.41, 5.74) is 0.181. The zero-order valence-corrected chi connectivity index (χ0v) is 13.0. The lowest BCUT2D eigenvalue weighted by atomic mass is 9.80. The molecule has 0 unspecified atom stereocenters.